The Morgan fingerprint density at radius 2 is 1.12 bits per heavy atom. The second-order valence-corrected chi connectivity index (χ2v) is 20.5. The number of esters is 1. The highest BCUT2D eigenvalue weighted by Crippen LogP contribution is 2.44. The maximum Gasteiger partial charge on any atom is 0.306 e. The number of hydrogen-bond acceptors (Lipinski definition) is 13. The van der Waals surface area contributed by atoms with Crippen LogP contribution in [-0.2, 0) is 44.8 Å². The van der Waals surface area contributed by atoms with Crippen molar-refractivity contribution in [2.45, 2.75) is 154 Å². The van der Waals surface area contributed by atoms with Gasteiger partial charge in [-0.05, 0) is 154 Å². The first kappa shape index (κ1) is 43.1. The largest absolute Gasteiger partial charge is 0.474 e. The zero-order valence-corrected chi connectivity index (χ0v) is 36.9. The molecule has 320 valence electrons. The lowest BCUT2D eigenvalue weighted by Crippen LogP contribution is -2.35. The van der Waals surface area contributed by atoms with Gasteiger partial charge in [0.1, 0.15) is 40.1 Å². The van der Waals surface area contributed by atoms with Gasteiger partial charge in [-0.15, -0.1) is 22.7 Å². The molecule has 0 saturated heterocycles. The summed E-state index contributed by atoms with van der Waals surface area (Å²) in [5, 5.41) is 2.08. The van der Waals surface area contributed by atoms with E-state index in [1.807, 2.05) is 20.8 Å². The average molecular weight is 848 g/mol. The van der Waals surface area contributed by atoms with Crippen LogP contribution in [0.25, 0.3) is 20.4 Å². The number of aromatic nitrogens is 4. The molecule has 0 unspecified atom stereocenters. The molecule has 13 nitrogen and oxygen atoms in total. The summed E-state index contributed by atoms with van der Waals surface area (Å²) >= 11 is 3.46. The molecule has 0 radical (unpaired) electrons. The molecule has 59 heavy (non-hydrogen) atoms. The normalized spacial score (nSPS) is 24.4. The second-order valence-electron chi connectivity index (χ2n) is 18.3. The highest BCUT2D eigenvalue weighted by molar-refractivity contribution is 7.19. The molecule has 2 amide bonds. The number of amides is 2. The fourth-order valence-corrected chi connectivity index (χ4v) is 11.8. The Kier molecular flexibility index (Phi) is 13.7. The summed E-state index contributed by atoms with van der Waals surface area (Å²) in [4.78, 5) is 59.8. The van der Waals surface area contributed by atoms with E-state index in [9.17, 15) is 14.4 Å². The van der Waals surface area contributed by atoms with Gasteiger partial charge in [0.25, 0.3) is 0 Å². The molecule has 4 aliphatic rings. The lowest BCUT2D eigenvalue weighted by Gasteiger charge is -2.32. The zero-order valence-electron chi connectivity index (χ0n) is 35.3. The highest BCUT2D eigenvalue weighted by atomic mass is 32.1. The van der Waals surface area contributed by atoms with Gasteiger partial charge in [-0.25, -0.2) is 19.9 Å². The molecule has 0 bridgehead atoms. The standard InChI is InChI=1S/C24H33N3O4S.C20H28N4O2S/c1-24(2,3)31-20(29)12-14-4-7-16(8-5-14)30-22-21-17-10-15(11-19(25)28)6-9-18(17)32-23(21)27-13-26-22;1-24(2)13-4-6-14(7-5-13)26-19-18-15-9-12(10-17(21)25)3-8-16(15)27-20(18)23-11-22-19/h13-16H,4-12H2,1-3H3,(H2,25,28);11-14H,3-10H2,1-2H3,(H2,21,25)/t14?,15-,16?;12-,13?,14?/m00/s1. The first-order chi connectivity index (χ1) is 28.2. The minimum absolute atomic E-state index is 0.0866. The average Bonchev–Trinajstić information content (AvgIpc) is 3.74. The van der Waals surface area contributed by atoms with Crippen LogP contribution >= 0.6 is 22.7 Å². The van der Waals surface area contributed by atoms with E-state index in [1.165, 1.54) is 20.9 Å². The Morgan fingerprint density at radius 1 is 0.661 bits per heavy atom. The minimum Gasteiger partial charge on any atom is -0.474 e. The van der Waals surface area contributed by atoms with Crippen LogP contribution in [0, 0.1) is 17.8 Å². The van der Waals surface area contributed by atoms with Gasteiger partial charge in [0.15, 0.2) is 0 Å². The number of carbonyl (C=O) groups is 3. The molecule has 0 aromatic carbocycles. The number of thiophene rings is 2. The molecule has 2 fully saturated rings. The van der Waals surface area contributed by atoms with Crippen molar-refractivity contribution in [2.24, 2.45) is 29.2 Å². The van der Waals surface area contributed by atoms with E-state index in [1.54, 1.807) is 35.3 Å². The molecule has 0 spiro atoms. The Labute approximate surface area is 355 Å². The molecule has 15 heteroatoms. The van der Waals surface area contributed by atoms with Crippen LogP contribution in [0.4, 0.5) is 0 Å². The number of aryl methyl sites for hydroxylation is 2. The molecule has 4 aliphatic carbocycles. The fraction of sp³-hybridized carbons (Fsp3) is 0.659. The molecular weight excluding hydrogens is 787 g/mol. The molecule has 2 saturated carbocycles. The second kappa shape index (κ2) is 18.8. The van der Waals surface area contributed by atoms with Crippen LogP contribution in [0.2, 0.25) is 0 Å². The van der Waals surface area contributed by atoms with Crippen molar-refractivity contribution in [2.75, 3.05) is 14.1 Å². The summed E-state index contributed by atoms with van der Waals surface area (Å²) in [5.74, 6) is 1.74. The first-order valence-electron chi connectivity index (χ1n) is 21.5. The smallest absolute Gasteiger partial charge is 0.306 e. The van der Waals surface area contributed by atoms with Gasteiger partial charge >= 0.3 is 5.97 Å². The Bertz CT molecular complexity index is 2110. The minimum atomic E-state index is -0.439. The molecule has 4 N–H and O–H groups in total. The van der Waals surface area contributed by atoms with Crippen LogP contribution in [0.5, 0.6) is 11.8 Å². The summed E-state index contributed by atoms with van der Waals surface area (Å²) in [7, 11) is 4.31. The lowest BCUT2D eigenvalue weighted by atomic mass is 9.84. The summed E-state index contributed by atoms with van der Waals surface area (Å²) in [6.07, 6.45) is 18.6. The van der Waals surface area contributed by atoms with Crippen LogP contribution in [0.1, 0.15) is 125 Å². The molecule has 4 aromatic rings. The molecule has 4 aromatic heterocycles. The van der Waals surface area contributed by atoms with Crippen molar-refractivity contribution >= 4 is 60.9 Å². The van der Waals surface area contributed by atoms with Crippen LogP contribution in [0.15, 0.2) is 12.7 Å². The highest BCUT2D eigenvalue weighted by Gasteiger charge is 2.32. The van der Waals surface area contributed by atoms with Crippen molar-refractivity contribution in [3.63, 3.8) is 0 Å². The summed E-state index contributed by atoms with van der Waals surface area (Å²) in [6, 6.07) is 0.652. The Balaban J connectivity index is 0.000000181. The number of nitrogens with zero attached hydrogens (tertiary/aromatic N) is 5. The number of hydrogen-bond donors (Lipinski definition) is 2. The van der Waals surface area contributed by atoms with E-state index >= 15 is 0 Å². The van der Waals surface area contributed by atoms with Crippen molar-refractivity contribution in [3.8, 4) is 11.8 Å². The van der Waals surface area contributed by atoms with E-state index in [4.69, 9.17) is 25.7 Å². The Morgan fingerprint density at radius 3 is 1.54 bits per heavy atom. The SMILES string of the molecule is CC(C)(C)OC(=O)CC1CCC(Oc2ncnc3sc4c(c23)C[C@@H](CC(N)=O)CC4)CC1.CN(C)C1CCC(Oc2ncnc3sc4c(c23)C[C@@H](CC(N)=O)CC4)CC1. The number of nitrogens with two attached hydrogens (primary N) is 2. The molecule has 2 atom stereocenters. The van der Waals surface area contributed by atoms with E-state index in [-0.39, 0.29) is 35.9 Å². The summed E-state index contributed by atoms with van der Waals surface area (Å²) in [6.45, 7) is 5.70. The number of rotatable bonds is 11. The van der Waals surface area contributed by atoms with Crippen molar-refractivity contribution in [1.29, 1.82) is 0 Å². The third-order valence-electron chi connectivity index (χ3n) is 12.4. The predicted octanol–water partition coefficient (Wildman–Crippen LogP) is 7.26. The predicted molar refractivity (Wildman–Crippen MR) is 231 cm³/mol. The maximum absolute atomic E-state index is 12.1. The third-order valence-corrected chi connectivity index (χ3v) is 14.8. The van der Waals surface area contributed by atoms with Gasteiger partial charge in [0, 0.05) is 35.1 Å². The van der Waals surface area contributed by atoms with Crippen LogP contribution in [-0.4, -0.2) is 80.6 Å². The number of fused-ring (bicyclic) bond motifs is 6. The molecular formula is C44H61N7O6S2. The zero-order chi connectivity index (χ0) is 41.8. The van der Waals surface area contributed by atoms with E-state index in [0.717, 1.165) is 116 Å². The summed E-state index contributed by atoms with van der Waals surface area (Å²) < 4.78 is 18.2. The number of carbonyl (C=O) groups excluding carboxylic acids is 3. The van der Waals surface area contributed by atoms with Gasteiger partial charge in [-0.2, -0.15) is 0 Å². The van der Waals surface area contributed by atoms with Crippen LogP contribution < -0.4 is 20.9 Å². The van der Waals surface area contributed by atoms with E-state index < -0.39 is 5.60 Å². The number of ether oxygens (including phenoxy) is 3. The van der Waals surface area contributed by atoms with Gasteiger partial charge in [0.05, 0.1) is 10.8 Å². The lowest BCUT2D eigenvalue weighted by molar-refractivity contribution is -0.156. The van der Waals surface area contributed by atoms with E-state index in [0.29, 0.717) is 43.0 Å². The summed E-state index contributed by atoms with van der Waals surface area (Å²) in [5.41, 5.74) is 12.9. The third kappa shape index (κ3) is 11.1. The number of primary amides is 2. The molecule has 0 aliphatic heterocycles. The van der Waals surface area contributed by atoms with Gasteiger partial charge in [-0.3, -0.25) is 14.4 Å². The first-order valence-corrected chi connectivity index (χ1v) is 23.1. The van der Waals surface area contributed by atoms with Crippen LogP contribution in [0.3, 0.4) is 0 Å². The fourth-order valence-electron chi connectivity index (χ4n) is 9.47. The van der Waals surface area contributed by atoms with Crippen molar-refractivity contribution in [1.82, 2.24) is 24.8 Å². The van der Waals surface area contributed by atoms with E-state index in [2.05, 4.69) is 38.9 Å². The maximum atomic E-state index is 12.1. The van der Waals surface area contributed by atoms with Gasteiger partial charge in [-0.1, -0.05) is 0 Å². The van der Waals surface area contributed by atoms with Gasteiger partial charge in [0.2, 0.25) is 23.6 Å². The van der Waals surface area contributed by atoms with Crippen molar-refractivity contribution in [3.05, 3.63) is 33.5 Å². The van der Waals surface area contributed by atoms with Crippen molar-refractivity contribution < 1.29 is 28.6 Å². The molecule has 8 rings (SSSR count). The monoisotopic (exact) mass is 847 g/mol. The van der Waals surface area contributed by atoms with Gasteiger partial charge < -0.3 is 30.6 Å². The molecule has 4 heterocycles. The Hall–Kier alpha value is -3.95. The topological polar surface area (TPSA) is 186 Å². The quantitative estimate of drug-likeness (QED) is 0.145.